The van der Waals surface area contributed by atoms with E-state index in [-0.39, 0.29) is 23.6 Å². The molecule has 0 radical (unpaired) electrons. The number of anilines is 1. The van der Waals surface area contributed by atoms with E-state index in [9.17, 15) is 49.1 Å². The van der Waals surface area contributed by atoms with Gasteiger partial charge in [0.05, 0.1) is 24.2 Å². The van der Waals surface area contributed by atoms with Crippen molar-refractivity contribution >= 4 is 28.7 Å². The summed E-state index contributed by atoms with van der Waals surface area (Å²) in [6.45, 7) is 0.785. The fraction of sp³-hybridized carbons (Fsp3) is 0.276. The second-order valence-electron chi connectivity index (χ2n) is 9.71. The van der Waals surface area contributed by atoms with Crippen molar-refractivity contribution in [2.75, 3.05) is 18.5 Å². The molecule has 0 amide bonds. The fourth-order valence-corrected chi connectivity index (χ4v) is 4.37. The molecule has 46 heavy (non-hydrogen) atoms. The minimum Gasteiger partial charge on any atom is -0.493 e. The van der Waals surface area contributed by atoms with Gasteiger partial charge in [-0.15, -0.1) is 0 Å². The van der Waals surface area contributed by atoms with Gasteiger partial charge in [-0.1, -0.05) is 6.07 Å². The van der Waals surface area contributed by atoms with Crippen LogP contribution in [0.2, 0.25) is 0 Å². The first-order chi connectivity index (χ1) is 21.5. The number of aromatic nitrogens is 2. The van der Waals surface area contributed by atoms with Crippen LogP contribution in [-0.4, -0.2) is 41.2 Å². The smallest absolute Gasteiger partial charge is 0.493 e. The topological polar surface area (TPSA) is 103 Å². The standard InChI is InChI=1S/C29H22F9N3O5/c30-27(31,32)17-10-16(11-18(12-17)28(33,34)35)21(14-25(42)45-46-26(43)29(36,37)38)22-15-41-23-13-19(5-6-20(22)23)44-9-3-8-40-24-4-1-2-7-39-24/h1-2,4-7,10-13,15,21,41H,3,8-9,14H2,(H,39,40). The van der Waals surface area contributed by atoms with Crippen LogP contribution >= 0.6 is 0 Å². The summed E-state index contributed by atoms with van der Waals surface area (Å²) in [6.07, 6.45) is -13.7. The zero-order valence-electron chi connectivity index (χ0n) is 23.1. The van der Waals surface area contributed by atoms with Crippen LogP contribution in [0.15, 0.2) is 67.0 Å². The summed E-state index contributed by atoms with van der Waals surface area (Å²) in [7, 11) is 0. The molecule has 1 atom stereocenters. The number of carbonyl (C=O) groups excluding carboxylic acids is 2. The molecule has 2 N–H and O–H groups in total. The van der Waals surface area contributed by atoms with Crippen molar-refractivity contribution in [1.82, 2.24) is 9.97 Å². The van der Waals surface area contributed by atoms with Gasteiger partial charge >= 0.3 is 30.5 Å². The molecule has 0 spiro atoms. The number of alkyl halides is 9. The molecule has 4 rings (SSSR count). The van der Waals surface area contributed by atoms with Gasteiger partial charge in [0.1, 0.15) is 11.6 Å². The van der Waals surface area contributed by atoms with E-state index >= 15 is 0 Å². The Morgan fingerprint density at radius 2 is 1.57 bits per heavy atom. The minimum absolute atomic E-state index is 0.00680. The van der Waals surface area contributed by atoms with E-state index in [1.807, 2.05) is 6.07 Å². The number of nitrogens with zero attached hydrogens (tertiary/aromatic N) is 1. The maximum Gasteiger partial charge on any atom is 0.495 e. The molecular weight excluding hydrogens is 641 g/mol. The summed E-state index contributed by atoms with van der Waals surface area (Å²) in [5, 5.41) is 3.33. The van der Waals surface area contributed by atoms with Gasteiger partial charge in [0.15, 0.2) is 0 Å². The predicted molar refractivity (Wildman–Crippen MR) is 142 cm³/mol. The summed E-state index contributed by atoms with van der Waals surface area (Å²) in [4.78, 5) is 37.7. The van der Waals surface area contributed by atoms with Crippen LogP contribution in [0, 0.1) is 0 Å². The molecule has 0 aliphatic heterocycles. The molecule has 246 valence electrons. The molecule has 2 heterocycles. The van der Waals surface area contributed by atoms with Crippen LogP contribution < -0.4 is 10.1 Å². The maximum atomic E-state index is 13.6. The third kappa shape index (κ3) is 8.82. The highest BCUT2D eigenvalue weighted by Crippen LogP contribution is 2.41. The summed E-state index contributed by atoms with van der Waals surface area (Å²) in [6, 6.07) is 10.4. The monoisotopic (exact) mass is 663 g/mol. The van der Waals surface area contributed by atoms with Gasteiger partial charge in [0.2, 0.25) is 0 Å². The predicted octanol–water partition coefficient (Wildman–Crippen LogP) is 7.57. The molecule has 0 fully saturated rings. The van der Waals surface area contributed by atoms with Crippen LogP contribution in [0.1, 0.15) is 41.0 Å². The molecule has 17 heteroatoms. The van der Waals surface area contributed by atoms with Crippen LogP contribution in [0.3, 0.4) is 0 Å². The minimum atomic E-state index is -5.55. The van der Waals surface area contributed by atoms with Crippen molar-refractivity contribution < 1.29 is 63.6 Å². The molecule has 0 bridgehead atoms. The number of hydrogen-bond donors (Lipinski definition) is 2. The Morgan fingerprint density at radius 3 is 2.17 bits per heavy atom. The lowest BCUT2D eigenvalue weighted by Gasteiger charge is -2.20. The highest BCUT2D eigenvalue weighted by Gasteiger charge is 2.43. The van der Waals surface area contributed by atoms with Gasteiger partial charge in [0.25, 0.3) is 0 Å². The number of benzene rings is 2. The van der Waals surface area contributed by atoms with Gasteiger partial charge < -0.3 is 15.0 Å². The number of ether oxygens (including phenoxy) is 1. The average molecular weight is 663 g/mol. The number of H-pyrrole nitrogens is 1. The zero-order chi connectivity index (χ0) is 33.7. The number of pyridine rings is 1. The van der Waals surface area contributed by atoms with Crippen molar-refractivity contribution in [2.24, 2.45) is 0 Å². The van der Waals surface area contributed by atoms with Gasteiger partial charge in [-0.3, -0.25) is 0 Å². The van der Waals surface area contributed by atoms with Gasteiger partial charge in [-0.05, 0) is 60.0 Å². The molecular formula is C29H22F9N3O5. The molecule has 0 saturated heterocycles. The third-order valence-electron chi connectivity index (χ3n) is 6.45. The number of nitrogens with one attached hydrogen (secondary N) is 2. The highest BCUT2D eigenvalue weighted by molar-refractivity contribution is 5.86. The van der Waals surface area contributed by atoms with E-state index in [0.29, 0.717) is 42.2 Å². The van der Waals surface area contributed by atoms with E-state index in [2.05, 4.69) is 25.1 Å². The number of aromatic amines is 1. The Kier molecular flexibility index (Phi) is 10.0. The lowest BCUT2D eigenvalue weighted by molar-refractivity contribution is -0.285. The number of carbonyl (C=O) groups is 2. The summed E-state index contributed by atoms with van der Waals surface area (Å²) < 4.78 is 125. The van der Waals surface area contributed by atoms with Gasteiger partial charge in [-0.25, -0.2) is 24.3 Å². The van der Waals surface area contributed by atoms with E-state index in [1.165, 1.54) is 24.4 Å². The number of hydrogen-bond acceptors (Lipinski definition) is 7. The van der Waals surface area contributed by atoms with E-state index in [4.69, 9.17) is 4.74 Å². The molecule has 0 aliphatic carbocycles. The fourth-order valence-electron chi connectivity index (χ4n) is 4.37. The maximum absolute atomic E-state index is 13.6. The van der Waals surface area contributed by atoms with Crippen molar-refractivity contribution in [3.8, 4) is 5.75 Å². The molecule has 2 aromatic heterocycles. The second-order valence-corrected chi connectivity index (χ2v) is 9.71. The second kappa shape index (κ2) is 13.6. The first kappa shape index (κ1) is 33.9. The van der Waals surface area contributed by atoms with Gasteiger partial charge in [0, 0.05) is 41.8 Å². The Hall–Kier alpha value is -4.96. The molecule has 8 nitrogen and oxygen atoms in total. The first-order valence-corrected chi connectivity index (χ1v) is 13.2. The van der Waals surface area contributed by atoms with Crippen LogP contribution in [0.5, 0.6) is 5.75 Å². The van der Waals surface area contributed by atoms with Crippen molar-refractivity contribution in [3.63, 3.8) is 0 Å². The summed E-state index contributed by atoms with van der Waals surface area (Å²) in [5.74, 6) is -5.20. The first-order valence-electron chi connectivity index (χ1n) is 13.2. The van der Waals surface area contributed by atoms with Crippen LogP contribution in [0.25, 0.3) is 10.9 Å². The molecule has 1 unspecified atom stereocenters. The van der Waals surface area contributed by atoms with E-state index in [1.54, 1.807) is 18.3 Å². The van der Waals surface area contributed by atoms with Crippen molar-refractivity contribution in [2.45, 2.75) is 37.3 Å². The average Bonchev–Trinajstić information content (AvgIpc) is 3.40. The number of rotatable bonds is 10. The molecule has 2 aromatic carbocycles. The molecule has 4 aromatic rings. The highest BCUT2D eigenvalue weighted by atomic mass is 19.4. The quantitative estimate of drug-likeness (QED) is 0.0781. The lowest BCUT2D eigenvalue weighted by Crippen LogP contribution is -2.27. The van der Waals surface area contributed by atoms with Crippen LogP contribution in [-0.2, 0) is 31.7 Å². The Morgan fingerprint density at radius 1 is 0.870 bits per heavy atom. The van der Waals surface area contributed by atoms with E-state index < -0.39 is 59.5 Å². The number of fused-ring (bicyclic) bond motifs is 1. The van der Waals surface area contributed by atoms with Crippen molar-refractivity contribution in [1.29, 1.82) is 0 Å². The SMILES string of the molecule is O=C(CC(c1cc(C(F)(F)F)cc(C(F)(F)F)c1)c1c[nH]c2cc(OCCCNc3ccccn3)ccc12)OOC(=O)C(F)(F)F. The molecule has 0 aliphatic rings. The van der Waals surface area contributed by atoms with Gasteiger partial charge in [-0.2, -0.15) is 39.5 Å². The largest absolute Gasteiger partial charge is 0.495 e. The third-order valence-corrected chi connectivity index (χ3v) is 6.45. The normalized spacial score (nSPS) is 12.9. The summed E-state index contributed by atoms with van der Waals surface area (Å²) in [5.41, 5.74) is -3.74. The summed E-state index contributed by atoms with van der Waals surface area (Å²) >= 11 is 0. The van der Waals surface area contributed by atoms with Crippen LogP contribution in [0.4, 0.5) is 45.3 Å². The Bertz CT molecular complexity index is 1640. The zero-order valence-corrected chi connectivity index (χ0v) is 23.1. The lowest BCUT2D eigenvalue weighted by atomic mass is 9.86. The Balaban J connectivity index is 1.61. The Labute approximate surface area is 253 Å². The van der Waals surface area contributed by atoms with Crippen molar-refractivity contribution in [3.05, 3.63) is 89.2 Å². The number of halogens is 9. The van der Waals surface area contributed by atoms with E-state index in [0.717, 1.165) is 0 Å². The molecule has 0 saturated carbocycles.